The molecule has 2 unspecified atom stereocenters. The minimum atomic E-state index is -4.02. The van der Waals surface area contributed by atoms with E-state index in [4.69, 9.17) is 0 Å². The van der Waals surface area contributed by atoms with E-state index in [1.54, 1.807) is 55.5 Å². The Balaban J connectivity index is 1.76. The van der Waals surface area contributed by atoms with Crippen molar-refractivity contribution >= 4 is 38.3 Å². The maximum atomic E-state index is 13.7. The molecule has 3 aromatic carbocycles. The first-order valence-electron chi connectivity index (χ1n) is 10.3. The molecule has 1 saturated heterocycles. The van der Waals surface area contributed by atoms with Crippen molar-refractivity contribution in [2.24, 2.45) is 0 Å². The minimum absolute atomic E-state index is 0.116. The fraction of sp³-hybridized carbons (Fsp3) is 0.250. The molecule has 1 fully saturated rings. The molecule has 31 heavy (non-hydrogen) atoms. The minimum Gasteiger partial charge on any atom is -0.274 e. The topological polar surface area (TPSA) is 74.8 Å². The van der Waals surface area contributed by atoms with Crippen LogP contribution in [0.5, 0.6) is 0 Å². The van der Waals surface area contributed by atoms with Gasteiger partial charge in [0.2, 0.25) is 15.9 Å². The Bertz CT molecular complexity index is 1240. The molecular weight excluding hydrogens is 412 g/mol. The van der Waals surface area contributed by atoms with Crippen molar-refractivity contribution < 1.29 is 18.0 Å². The number of fused-ring (bicyclic) bond motifs is 1. The number of carbonyl (C=O) groups is 2. The number of amides is 2. The summed E-state index contributed by atoms with van der Waals surface area (Å²) in [5, 5.41) is 1.73. The predicted octanol–water partition coefficient (Wildman–Crippen LogP) is 3.96. The van der Waals surface area contributed by atoms with Gasteiger partial charge in [-0.05, 0) is 48.4 Å². The Hall–Kier alpha value is -3.03. The molecule has 0 radical (unpaired) electrons. The van der Waals surface area contributed by atoms with Crippen LogP contribution in [0, 0.1) is 0 Å². The van der Waals surface area contributed by atoms with Crippen molar-refractivity contribution in [2.45, 2.75) is 43.7 Å². The first-order chi connectivity index (χ1) is 14.8. The number of para-hydroxylation sites is 1. The number of hydrogen-bond donors (Lipinski definition) is 0. The van der Waals surface area contributed by atoms with E-state index in [9.17, 15) is 18.0 Å². The molecule has 0 saturated carbocycles. The van der Waals surface area contributed by atoms with Gasteiger partial charge in [0, 0.05) is 6.04 Å². The zero-order valence-electron chi connectivity index (χ0n) is 17.4. The summed E-state index contributed by atoms with van der Waals surface area (Å²) in [4.78, 5) is 27.2. The first-order valence-corrected chi connectivity index (χ1v) is 11.7. The van der Waals surface area contributed by atoms with Crippen LogP contribution in [0.15, 0.2) is 77.7 Å². The van der Waals surface area contributed by atoms with Gasteiger partial charge in [0.15, 0.2) is 0 Å². The van der Waals surface area contributed by atoms with Crippen LogP contribution >= 0.6 is 0 Å². The molecule has 160 valence electrons. The average Bonchev–Trinajstić information content (AvgIpc) is 3.07. The third-order valence-electron chi connectivity index (χ3n) is 5.77. The molecule has 1 aliphatic rings. The lowest BCUT2D eigenvalue weighted by molar-refractivity contribution is -0.122. The van der Waals surface area contributed by atoms with E-state index in [0.29, 0.717) is 12.1 Å². The van der Waals surface area contributed by atoms with Gasteiger partial charge in [0.05, 0.1) is 17.0 Å². The van der Waals surface area contributed by atoms with Gasteiger partial charge in [0.1, 0.15) is 6.04 Å². The van der Waals surface area contributed by atoms with Gasteiger partial charge in [0.25, 0.3) is 5.91 Å². The van der Waals surface area contributed by atoms with Crippen molar-refractivity contribution in [3.8, 4) is 0 Å². The Morgan fingerprint density at radius 1 is 0.968 bits per heavy atom. The summed E-state index contributed by atoms with van der Waals surface area (Å²) in [6.07, 6.45) is 0.334. The molecule has 0 spiro atoms. The Morgan fingerprint density at radius 3 is 2.29 bits per heavy atom. The van der Waals surface area contributed by atoms with Crippen molar-refractivity contribution in [2.75, 3.05) is 4.90 Å². The van der Waals surface area contributed by atoms with Crippen LogP contribution in [0.25, 0.3) is 10.8 Å². The van der Waals surface area contributed by atoms with E-state index in [1.807, 2.05) is 31.2 Å². The quantitative estimate of drug-likeness (QED) is 0.548. The van der Waals surface area contributed by atoms with Crippen LogP contribution in [-0.2, 0) is 19.6 Å². The Morgan fingerprint density at radius 2 is 1.61 bits per heavy atom. The van der Waals surface area contributed by atoms with Crippen molar-refractivity contribution in [3.05, 3.63) is 72.8 Å². The molecule has 3 aromatic rings. The maximum Gasteiger partial charge on any atom is 0.252 e. The standard InChI is InChI=1S/C24H24N2O4S/c1-3-17(2)26(22-16-23(27)25(24(22)28)20-11-5-4-6-12-20)31(29,30)21-14-13-18-9-7-8-10-19(18)15-21/h4-15,17,22H,3,16H2,1-2H3. The van der Waals surface area contributed by atoms with E-state index in [2.05, 4.69) is 0 Å². The molecular formula is C24H24N2O4S. The molecule has 0 bridgehead atoms. The van der Waals surface area contributed by atoms with Crippen LogP contribution in [-0.4, -0.2) is 36.6 Å². The first kappa shape index (κ1) is 21.2. The summed E-state index contributed by atoms with van der Waals surface area (Å²) in [5.74, 6) is -0.913. The zero-order valence-corrected chi connectivity index (χ0v) is 18.2. The Labute approximate surface area is 182 Å². The second-order valence-corrected chi connectivity index (χ2v) is 9.57. The number of carbonyl (C=O) groups excluding carboxylic acids is 2. The van der Waals surface area contributed by atoms with Crippen LogP contribution in [0.1, 0.15) is 26.7 Å². The van der Waals surface area contributed by atoms with E-state index < -0.39 is 33.9 Å². The second kappa shape index (κ2) is 8.24. The number of hydrogen-bond acceptors (Lipinski definition) is 4. The number of benzene rings is 3. The molecule has 7 heteroatoms. The highest BCUT2D eigenvalue weighted by molar-refractivity contribution is 7.89. The largest absolute Gasteiger partial charge is 0.274 e. The summed E-state index contributed by atoms with van der Waals surface area (Å²) in [6, 6.07) is 19.5. The van der Waals surface area contributed by atoms with Crippen LogP contribution in [0.2, 0.25) is 0 Å². The number of sulfonamides is 1. The molecule has 6 nitrogen and oxygen atoms in total. The van der Waals surface area contributed by atoms with Crippen LogP contribution < -0.4 is 4.90 Å². The van der Waals surface area contributed by atoms with Gasteiger partial charge < -0.3 is 0 Å². The lowest BCUT2D eigenvalue weighted by Crippen LogP contribution is -2.49. The molecule has 2 atom stereocenters. The van der Waals surface area contributed by atoms with E-state index in [1.165, 1.54) is 4.31 Å². The predicted molar refractivity (Wildman–Crippen MR) is 120 cm³/mol. The van der Waals surface area contributed by atoms with E-state index >= 15 is 0 Å². The van der Waals surface area contributed by atoms with Crippen LogP contribution in [0.4, 0.5) is 5.69 Å². The third kappa shape index (κ3) is 3.75. The van der Waals surface area contributed by atoms with Gasteiger partial charge in [-0.15, -0.1) is 0 Å². The SMILES string of the molecule is CCC(C)N(C1CC(=O)N(c2ccccc2)C1=O)S(=O)(=O)c1ccc2ccccc2c1. The molecule has 1 aliphatic heterocycles. The smallest absolute Gasteiger partial charge is 0.252 e. The monoisotopic (exact) mass is 436 g/mol. The van der Waals surface area contributed by atoms with Gasteiger partial charge in [-0.1, -0.05) is 55.5 Å². The second-order valence-electron chi connectivity index (χ2n) is 7.72. The summed E-state index contributed by atoms with van der Waals surface area (Å²) in [5.41, 5.74) is 0.451. The van der Waals surface area contributed by atoms with Crippen molar-refractivity contribution in [1.82, 2.24) is 4.31 Å². The number of anilines is 1. The molecule has 0 N–H and O–H groups in total. The van der Waals surface area contributed by atoms with Gasteiger partial charge in [-0.3, -0.25) is 9.59 Å². The highest BCUT2D eigenvalue weighted by atomic mass is 32.2. The lowest BCUT2D eigenvalue weighted by atomic mass is 10.1. The lowest BCUT2D eigenvalue weighted by Gasteiger charge is -2.31. The van der Waals surface area contributed by atoms with Gasteiger partial charge >= 0.3 is 0 Å². The molecule has 4 rings (SSSR count). The number of rotatable bonds is 6. The molecule has 1 heterocycles. The fourth-order valence-corrected chi connectivity index (χ4v) is 5.89. The van der Waals surface area contributed by atoms with E-state index in [-0.39, 0.29) is 11.3 Å². The zero-order chi connectivity index (χ0) is 22.2. The van der Waals surface area contributed by atoms with Crippen molar-refractivity contribution in [3.63, 3.8) is 0 Å². The van der Waals surface area contributed by atoms with Gasteiger partial charge in [-0.2, -0.15) is 4.31 Å². The summed E-state index contributed by atoms with van der Waals surface area (Å²) in [7, 11) is -4.02. The van der Waals surface area contributed by atoms with Crippen molar-refractivity contribution in [1.29, 1.82) is 0 Å². The van der Waals surface area contributed by atoms with Crippen LogP contribution in [0.3, 0.4) is 0 Å². The molecule has 0 aliphatic carbocycles. The number of imide groups is 1. The highest BCUT2D eigenvalue weighted by Crippen LogP contribution is 2.32. The molecule has 2 amide bonds. The summed E-state index contributed by atoms with van der Waals surface area (Å²) in [6.45, 7) is 3.63. The maximum absolute atomic E-state index is 13.7. The summed E-state index contributed by atoms with van der Waals surface area (Å²) >= 11 is 0. The third-order valence-corrected chi connectivity index (χ3v) is 7.79. The van der Waals surface area contributed by atoms with Gasteiger partial charge in [-0.25, -0.2) is 13.3 Å². The summed E-state index contributed by atoms with van der Waals surface area (Å²) < 4.78 is 28.6. The highest BCUT2D eigenvalue weighted by Gasteiger charge is 2.48. The fourth-order valence-electron chi connectivity index (χ4n) is 4.00. The molecule has 0 aromatic heterocycles. The average molecular weight is 437 g/mol. The number of nitrogens with zero attached hydrogens (tertiary/aromatic N) is 2. The Kier molecular flexibility index (Phi) is 5.64. The van der Waals surface area contributed by atoms with E-state index in [0.717, 1.165) is 15.7 Å². The normalized spacial score (nSPS) is 18.2.